The molecule has 20 heavy (non-hydrogen) atoms. The van der Waals surface area contributed by atoms with Gasteiger partial charge in [0.2, 0.25) is 0 Å². The van der Waals surface area contributed by atoms with Gasteiger partial charge < -0.3 is 20.1 Å². The van der Waals surface area contributed by atoms with E-state index in [-0.39, 0.29) is 6.10 Å². The van der Waals surface area contributed by atoms with E-state index in [2.05, 4.69) is 38.0 Å². The van der Waals surface area contributed by atoms with Crippen LogP contribution in [-0.4, -0.2) is 62.0 Å². The monoisotopic (exact) mass is 286 g/mol. The third kappa shape index (κ3) is 8.20. The minimum Gasteiger partial charge on any atom is -0.389 e. The Morgan fingerprint density at radius 3 is 2.50 bits per heavy atom. The number of hydrogen-bond donors (Lipinski definition) is 2. The lowest BCUT2D eigenvalue weighted by atomic mass is 9.97. The standard InChI is InChI=1S/C16H34N2O2/c1-13(2)9-14(3)20-12-16(19)11-17-10-15-5-7-18(4)8-6-15/h13-17,19H,5-12H2,1-4H3. The molecule has 120 valence electrons. The summed E-state index contributed by atoms with van der Waals surface area (Å²) in [4.78, 5) is 2.38. The number of nitrogens with one attached hydrogen (secondary N) is 1. The molecule has 1 aliphatic heterocycles. The summed E-state index contributed by atoms with van der Waals surface area (Å²) in [7, 11) is 2.18. The predicted octanol–water partition coefficient (Wildman–Crippen LogP) is 1.73. The Kier molecular flexibility index (Phi) is 8.69. The van der Waals surface area contributed by atoms with E-state index in [9.17, 15) is 5.11 Å². The lowest BCUT2D eigenvalue weighted by Crippen LogP contribution is -2.38. The third-order valence-electron chi connectivity index (χ3n) is 4.03. The van der Waals surface area contributed by atoms with Crippen molar-refractivity contribution in [2.75, 3.05) is 39.8 Å². The van der Waals surface area contributed by atoms with Crippen LogP contribution in [0.15, 0.2) is 0 Å². The van der Waals surface area contributed by atoms with Gasteiger partial charge in [0.15, 0.2) is 0 Å². The Morgan fingerprint density at radius 1 is 1.25 bits per heavy atom. The maximum atomic E-state index is 9.91. The molecule has 2 unspecified atom stereocenters. The Labute approximate surface area is 124 Å². The van der Waals surface area contributed by atoms with Crippen LogP contribution in [0.5, 0.6) is 0 Å². The zero-order valence-corrected chi connectivity index (χ0v) is 13.8. The van der Waals surface area contributed by atoms with Gasteiger partial charge in [-0.1, -0.05) is 13.8 Å². The van der Waals surface area contributed by atoms with Crippen LogP contribution < -0.4 is 5.32 Å². The molecular weight excluding hydrogens is 252 g/mol. The van der Waals surface area contributed by atoms with Gasteiger partial charge in [-0.3, -0.25) is 0 Å². The molecule has 1 aliphatic rings. The minimum atomic E-state index is -0.393. The van der Waals surface area contributed by atoms with Crippen LogP contribution >= 0.6 is 0 Å². The Morgan fingerprint density at radius 2 is 1.90 bits per heavy atom. The summed E-state index contributed by atoms with van der Waals surface area (Å²) < 4.78 is 5.67. The summed E-state index contributed by atoms with van der Waals surface area (Å²) in [6.45, 7) is 11.0. The first-order valence-corrected chi connectivity index (χ1v) is 8.16. The quantitative estimate of drug-likeness (QED) is 0.677. The zero-order valence-electron chi connectivity index (χ0n) is 13.8. The lowest BCUT2D eigenvalue weighted by Gasteiger charge is -2.29. The second-order valence-corrected chi connectivity index (χ2v) is 6.83. The summed E-state index contributed by atoms with van der Waals surface area (Å²) in [6, 6.07) is 0. The van der Waals surface area contributed by atoms with Gasteiger partial charge >= 0.3 is 0 Å². The number of ether oxygens (including phenoxy) is 1. The van der Waals surface area contributed by atoms with Crippen LogP contribution in [0.4, 0.5) is 0 Å². The van der Waals surface area contributed by atoms with Crippen molar-refractivity contribution in [2.24, 2.45) is 11.8 Å². The van der Waals surface area contributed by atoms with Crippen molar-refractivity contribution >= 4 is 0 Å². The van der Waals surface area contributed by atoms with Gasteiger partial charge in [-0.05, 0) is 64.7 Å². The summed E-state index contributed by atoms with van der Waals surface area (Å²) >= 11 is 0. The van der Waals surface area contributed by atoms with E-state index in [4.69, 9.17) is 4.74 Å². The molecule has 1 saturated heterocycles. The van der Waals surface area contributed by atoms with Gasteiger partial charge in [0.25, 0.3) is 0 Å². The van der Waals surface area contributed by atoms with E-state index >= 15 is 0 Å². The molecule has 0 spiro atoms. The van der Waals surface area contributed by atoms with Gasteiger partial charge in [-0.15, -0.1) is 0 Å². The van der Waals surface area contributed by atoms with E-state index < -0.39 is 6.10 Å². The van der Waals surface area contributed by atoms with Crippen molar-refractivity contribution in [3.8, 4) is 0 Å². The van der Waals surface area contributed by atoms with Crippen LogP contribution in [0.1, 0.15) is 40.0 Å². The summed E-state index contributed by atoms with van der Waals surface area (Å²) in [5, 5.41) is 13.3. The van der Waals surface area contributed by atoms with Crippen molar-refractivity contribution in [2.45, 2.75) is 52.2 Å². The van der Waals surface area contributed by atoms with Crippen LogP contribution in [0.25, 0.3) is 0 Å². The molecule has 0 aliphatic carbocycles. The molecule has 0 aromatic rings. The zero-order chi connectivity index (χ0) is 15.0. The highest BCUT2D eigenvalue weighted by Crippen LogP contribution is 2.14. The van der Waals surface area contributed by atoms with E-state index in [1.165, 1.54) is 25.9 Å². The molecule has 0 saturated carbocycles. The van der Waals surface area contributed by atoms with Crippen molar-refractivity contribution in [1.29, 1.82) is 0 Å². The number of rotatable bonds is 9. The minimum absolute atomic E-state index is 0.235. The number of hydrogen-bond acceptors (Lipinski definition) is 4. The molecule has 0 amide bonds. The fraction of sp³-hybridized carbons (Fsp3) is 1.00. The van der Waals surface area contributed by atoms with E-state index in [1.54, 1.807) is 0 Å². The van der Waals surface area contributed by atoms with Crippen LogP contribution in [-0.2, 0) is 4.74 Å². The molecule has 0 aromatic heterocycles. The number of aliphatic hydroxyl groups is 1. The molecule has 0 bridgehead atoms. The maximum Gasteiger partial charge on any atom is 0.0897 e. The van der Waals surface area contributed by atoms with Crippen molar-refractivity contribution < 1.29 is 9.84 Å². The highest BCUT2D eigenvalue weighted by molar-refractivity contribution is 4.72. The summed E-state index contributed by atoms with van der Waals surface area (Å²) in [5.74, 6) is 1.41. The van der Waals surface area contributed by atoms with Crippen molar-refractivity contribution in [3.05, 3.63) is 0 Å². The predicted molar refractivity (Wildman–Crippen MR) is 84.0 cm³/mol. The molecule has 0 aromatic carbocycles. The fourth-order valence-corrected chi connectivity index (χ4v) is 2.79. The van der Waals surface area contributed by atoms with E-state index in [0.717, 1.165) is 18.9 Å². The van der Waals surface area contributed by atoms with E-state index in [1.807, 2.05) is 0 Å². The number of likely N-dealkylation sites (tertiary alicyclic amines) is 1. The summed E-state index contributed by atoms with van der Waals surface area (Å²) in [6.07, 6.45) is 3.42. The molecule has 2 N–H and O–H groups in total. The van der Waals surface area contributed by atoms with Crippen molar-refractivity contribution in [1.82, 2.24) is 10.2 Å². The van der Waals surface area contributed by atoms with Crippen molar-refractivity contribution in [3.63, 3.8) is 0 Å². The first-order chi connectivity index (χ1) is 9.47. The lowest BCUT2D eigenvalue weighted by molar-refractivity contribution is -0.00884. The number of piperidine rings is 1. The van der Waals surface area contributed by atoms with Gasteiger partial charge in [-0.25, -0.2) is 0 Å². The molecular formula is C16H34N2O2. The summed E-state index contributed by atoms with van der Waals surface area (Å²) in [5.41, 5.74) is 0. The van der Waals surface area contributed by atoms with Crippen LogP contribution in [0, 0.1) is 11.8 Å². The molecule has 4 nitrogen and oxygen atoms in total. The Hall–Kier alpha value is -0.160. The maximum absolute atomic E-state index is 9.91. The average Bonchev–Trinajstić information content (AvgIpc) is 2.38. The topological polar surface area (TPSA) is 44.7 Å². The second kappa shape index (κ2) is 9.72. The molecule has 2 atom stereocenters. The van der Waals surface area contributed by atoms with Crippen LogP contribution in [0.2, 0.25) is 0 Å². The molecule has 1 rings (SSSR count). The highest BCUT2D eigenvalue weighted by Gasteiger charge is 2.16. The first-order valence-electron chi connectivity index (χ1n) is 8.16. The van der Waals surface area contributed by atoms with Gasteiger partial charge in [0.1, 0.15) is 0 Å². The molecule has 4 heteroatoms. The van der Waals surface area contributed by atoms with Gasteiger partial charge in [-0.2, -0.15) is 0 Å². The van der Waals surface area contributed by atoms with E-state index in [0.29, 0.717) is 19.1 Å². The van der Waals surface area contributed by atoms with Crippen LogP contribution in [0.3, 0.4) is 0 Å². The average molecular weight is 286 g/mol. The highest BCUT2D eigenvalue weighted by atomic mass is 16.5. The Bertz CT molecular complexity index is 241. The number of aliphatic hydroxyl groups excluding tert-OH is 1. The molecule has 0 radical (unpaired) electrons. The number of nitrogens with zero attached hydrogens (tertiary/aromatic N) is 1. The molecule has 1 heterocycles. The first kappa shape index (κ1) is 17.9. The van der Waals surface area contributed by atoms with Gasteiger partial charge in [0.05, 0.1) is 18.8 Å². The SMILES string of the molecule is CC(C)CC(C)OCC(O)CNCC1CCN(C)CC1. The smallest absolute Gasteiger partial charge is 0.0897 e. The second-order valence-electron chi connectivity index (χ2n) is 6.83. The normalized spacial score (nSPS) is 21.3. The molecule has 1 fully saturated rings. The largest absolute Gasteiger partial charge is 0.389 e. The fourth-order valence-electron chi connectivity index (χ4n) is 2.79. The van der Waals surface area contributed by atoms with Gasteiger partial charge in [0, 0.05) is 6.54 Å². The Balaban J connectivity index is 2.01. The third-order valence-corrected chi connectivity index (χ3v) is 4.03.